The summed E-state index contributed by atoms with van der Waals surface area (Å²) in [4.78, 5) is 23.5. The maximum absolute atomic E-state index is 13.9. The molecule has 5 aromatic rings. The summed E-state index contributed by atoms with van der Waals surface area (Å²) < 4.78 is 0. The van der Waals surface area contributed by atoms with Crippen molar-refractivity contribution in [3.8, 4) is 11.3 Å². The molecule has 0 radical (unpaired) electrons. The van der Waals surface area contributed by atoms with Gasteiger partial charge in [-0.25, -0.2) is 0 Å². The van der Waals surface area contributed by atoms with Crippen LogP contribution in [0.1, 0.15) is 27.6 Å². The number of rotatable bonds is 5. The van der Waals surface area contributed by atoms with Crippen LogP contribution in [0.2, 0.25) is 0 Å². The van der Waals surface area contributed by atoms with Gasteiger partial charge in [-0.15, -0.1) is 0 Å². The fourth-order valence-electron chi connectivity index (χ4n) is 4.74. The lowest BCUT2D eigenvalue weighted by molar-refractivity contribution is 0.0533. The number of para-hydroxylation sites is 1. The molecular formula is C30H22N2O2. The molecule has 4 nitrogen and oxygen atoms in total. The Labute approximate surface area is 197 Å². The lowest BCUT2D eigenvalue weighted by Gasteiger charge is -2.19. The highest BCUT2D eigenvalue weighted by molar-refractivity contribution is 6.25. The number of H-pyrrole nitrogens is 1. The van der Waals surface area contributed by atoms with E-state index < -0.39 is 12.0 Å². The normalized spacial score (nSPS) is 17.4. The third-order valence-corrected chi connectivity index (χ3v) is 6.36. The van der Waals surface area contributed by atoms with Crippen LogP contribution in [0.5, 0.6) is 0 Å². The first kappa shape index (κ1) is 20.2. The summed E-state index contributed by atoms with van der Waals surface area (Å²) in [5, 5.41) is 5.59. The largest absolute Gasteiger partial charge is 0.386 e. The fourth-order valence-corrected chi connectivity index (χ4v) is 4.74. The van der Waals surface area contributed by atoms with Crippen LogP contribution in [0.4, 0.5) is 0 Å². The van der Waals surface area contributed by atoms with E-state index in [-0.39, 0.29) is 5.78 Å². The summed E-state index contributed by atoms with van der Waals surface area (Å²) >= 11 is 0. The van der Waals surface area contributed by atoms with E-state index in [2.05, 4.69) is 28.3 Å². The van der Waals surface area contributed by atoms with E-state index in [1.54, 1.807) is 0 Å². The van der Waals surface area contributed by atoms with Crippen molar-refractivity contribution >= 4 is 22.4 Å². The molecule has 1 aliphatic rings. The first-order chi connectivity index (χ1) is 16.8. The van der Waals surface area contributed by atoms with Crippen molar-refractivity contribution in [2.75, 3.05) is 0 Å². The number of nitrogens with zero attached hydrogens (tertiary/aromatic N) is 1. The minimum absolute atomic E-state index is 0.00463. The number of Topliss-reactive ketones (excluding diaryl/α,β-unsaturated/α-hetero) is 1. The Kier molecular flexibility index (Phi) is 5.04. The van der Waals surface area contributed by atoms with Gasteiger partial charge in [0.05, 0.1) is 5.69 Å². The second-order valence-corrected chi connectivity index (χ2v) is 8.41. The van der Waals surface area contributed by atoms with E-state index in [9.17, 15) is 4.79 Å². The minimum Gasteiger partial charge on any atom is -0.386 e. The van der Waals surface area contributed by atoms with Gasteiger partial charge in [0.15, 0.2) is 11.9 Å². The molecule has 0 spiro atoms. The molecule has 2 atom stereocenters. The maximum Gasteiger partial charge on any atom is 0.176 e. The van der Waals surface area contributed by atoms with Crippen LogP contribution in [-0.2, 0) is 4.84 Å². The zero-order valence-corrected chi connectivity index (χ0v) is 18.4. The molecule has 164 valence electrons. The van der Waals surface area contributed by atoms with Gasteiger partial charge < -0.3 is 9.82 Å². The zero-order valence-electron chi connectivity index (χ0n) is 18.4. The average molecular weight is 443 g/mol. The Morgan fingerprint density at radius 1 is 0.735 bits per heavy atom. The zero-order chi connectivity index (χ0) is 22.9. The molecule has 0 amide bonds. The lowest BCUT2D eigenvalue weighted by Crippen LogP contribution is -2.27. The Balaban J connectivity index is 1.56. The monoisotopic (exact) mass is 442 g/mol. The number of ketones is 1. The van der Waals surface area contributed by atoms with Crippen LogP contribution in [0, 0.1) is 5.92 Å². The highest BCUT2D eigenvalue weighted by Crippen LogP contribution is 2.41. The SMILES string of the molecule is O=C(c1ccccc1)C1C(c2c(-c3ccccc3)[nH]c3ccccc23)=NOC1c1ccccc1. The second kappa shape index (κ2) is 8.49. The molecule has 0 aliphatic carbocycles. The van der Waals surface area contributed by atoms with Gasteiger partial charge in [-0.3, -0.25) is 4.79 Å². The van der Waals surface area contributed by atoms with Gasteiger partial charge in [-0.05, 0) is 17.2 Å². The molecule has 2 heterocycles. The van der Waals surface area contributed by atoms with E-state index in [1.165, 1.54) is 0 Å². The number of fused-ring (bicyclic) bond motifs is 1. The van der Waals surface area contributed by atoms with E-state index >= 15 is 0 Å². The third-order valence-electron chi connectivity index (χ3n) is 6.36. The van der Waals surface area contributed by atoms with Gasteiger partial charge >= 0.3 is 0 Å². The molecule has 0 saturated heterocycles. The van der Waals surface area contributed by atoms with E-state index in [0.29, 0.717) is 11.3 Å². The lowest BCUT2D eigenvalue weighted by atomic mass is 9.82. The summed E-state index contributed by atoms with van der Waals surface area (Å²) in [5.74, 6) is -0.582. The molecule has 1 aliphatic heterocycles. The first-order valence-corrected chi connectivity index (χ1v) is 11.4. The first-order valence-electron chi connectivity index (χ1n) is 11.4. The number of carbonyl (C=O) groups excluding carboxylic acids is 1. The van der Waals surface area contributed by atoms with Crippen LogP contribution < -0.4 is 0 Å². The number of hydrogen-bond acceptors (Lipinski definition) is 3. The number of aromatic amines is 1. The molecule has 1 aromatic heterocycles. The van der Waals surface area contributed by atoms with E-state index in [1.807, 2.05) is 97.1 Å². The van der Waals surface area contributed by atoms with Crippen LogP contribution in [0.25, 0.3) is 22.2 Å². The molecule has 6 rings (SSSR count). The molecule has 0 fully saturated rings. The summed E-state index contributed by atoms with van der Waals surface area (Å²) in [6, 6.07) is 37.5. The molecule has 0 saturated carbocycles. The van der Waals surface area contributed by atoms with Gasteiger partial charge in [0, 0.05) is 22.0 Å². The van der Waals surface area contributed by atoms with Crippen LogP contribution in [0.3, 0.4) is 0 Å². The van der Waals surface area contributed by atoms with Gasteiger partial charge in [0.1, 0.15) is 11.6 Å². The van der Waals surface area contributed by atoms with Crippen molar-refractivity contribution in [1.29, 1.82) is 0 Å². The van der Waals surface area contributed by atoms with Crippen molar-refractivity contribution in [2.45, 2.75) is 6.10 Å². The summed E-state index contributed by atoms with van der Waals surface area (Å²) in [6.45, 7) is 0. The number of carbonyl (C=O) groups is 1. The van der Waals surface area contributed by atoms with Gasteiger partial charge in [0.2, 0.25) is 0 Å². The van der Waals surface area contributed by atoms with Crippen LogP contribution >= 0.6 is 0 Å². The Morgan fingerprint density at radius 3 is 2.09 bits per heavy atom. The van der Waals surface area contributed by atoms with Crippen molar-refractivity contribution in [2.24, 2.45) is 11.1 Å². The second-order valence-electron chi connectivity index (χ2n) is 8.41. The van der Waals surface area contributed by atoms with E-state index in [4.69, 9.17) is 4.84 Å². The highest BCUT2D eigenvalue weighted by Gasteiger charge is 2.43. The molecule has 4 aromatic carbocycles. The van der Waals surface area contributed by atoms with Gasteiger partial charge in [0.25, 0.3) is 0 Å². The van der Waals surface area contributed by atoms with Gasteiger partial charge in [-0.1, -0.05) is 114 Å². The van der Waals surface area contributed by atoms with Crippen molar-refractivity contribution < 1.29 is 9.63 Å². The fraction of sp³-hybridized carbons (Fsp3) is 0.0667. The van der Waals surface area contributed by atoms with E-state index in [0.717, 1.165) is 33.3 Å². The molecule has 1 N–H and O–H groups in total. The predicted octanol–water partition coefficient (Wildman–Crippen LogP) is 6.81. The van der Waals surface area contributed by atoms with Crippen LogP contribution in [0.15, 0.2) is 120 Å². The predicted molar refractivity (Wildman–Crippen MR) is 135 cm³/mol. The molecule has 4 heteroatoms. The molecule has 34 heavy (non-hydrogen) atoms. The number of hydrogen-bond donors (Lipinski definition) is 1. The number of aromatic nitrogens is 1. The summed E-state index contributed by atoms with van der Waals surface area (Å²) in [6.07, 6.45) is -0.499. The molecular weight excluding hydrogens is 420 g/mol. The van der Waals surface area contributed by atoms with Crippen molar-refractivity contribution in [1.82, 2.24) is 4.98 Å². The van der Waals surface area contributed by atoms with Crippen molar-refractivity contribution in [3.05, 3.63) is 132 Å². The highest BCUT2D eigenvalue weighted by atomic mass is 16.6. The summed E-state index contributed by atoms with van der Waals surface area (Å²) in [7, 11) is 0. The van der Waals surface area contributed by atoms with Gasteiger partial charge in [-0.2, -0.15) is 0 Å². The molecule has 0 bridgehead atoms. The Morgan fingerprint density at radius 2 is 1.35 bits per heavy atom. The van der Waals surface area contributed by atoms with Crippen molar-refractivity contribution in [3.63, 3.8) is 0 Å². The topological polar surface area (TPSA) is 54.5 Å². The summed E-state index contributed by atoms with van der Waals surface area (Å²) in [5.41, 5.74) is 6.10. The quantitative estimate of drug-likeness (QED) is 0.304. The third kappa shape index (κ3) is 3.41. The smallest absolute Gasteiger partial charge is 0.176 e. The Hall–Kier alpha value is -4.44. The van der Waals surface area contributed by atoms with Crippen LogP contribution in [-0.4, -0.2) is 16.5 Å². The minimum atomic E-state index is -0.577. The average Bonchev–Trinajstić information content (AvgIpc) is 3.51. The maximum atomic E-state index is 13.9. The standard InChI is InChI=1S/C30H22N2O2/c33-29(21-14-6-2-7-15-21)26-28(32-34-30(26)22-16-8-3-9-17-22)25-23-18-10-11-19-24(23)31-27(25)20-12-4-1-5-13-20/h1-19,26,30-31H. The Bertz CT molecular complexity index is 1490. The number of nitrogens with one attached hydrogen (secondary N) is 1. The number of benzene rings is 4. The number of oxime groups is 1. The molecule has 2 unspecified atom stereocenters.